The summed E-state index contributed by atoms with van der Waals surface area (Å²) in [5.41, 5.74) is 2.73. The molecule has 1 aliphatic rings. The van der Waals surface area contributed by atoms with E-state index in [0.717, 1.165) is 16.8 Å². The summed E-state index contributed by atoms with van der Waals surface area (Å²) in [5.74, 6) is 1.73. The number of aryl methyl sites for hydroxylation is 2. The molecule has 296 valence electrons. The average Bonchev–Trinajstić information content (AvgIpc) is 3.44. The number of carbonyl (C=O) groups excluding carboxylic acids is 2. The van der Waals surface area contributed by atoms with Crippen molar-refractivity contribution in [1.82, 2.24) is 9.78 Å². The van der Waals surface area contributed by atoms with Crippen LogP contribution in [-0.2, 0) is 32.8 Å². The molecule has 11 heteroatoms. The number of nitrogens with zero attached hydrogens (tertiary/aromatic N) is 4. The van der Waals surface area contributed by atoms with Crippen LogP contribution in [0.4, 0.5) is 0 Å². The molecule has 1 heterocycles. The van der Waals surface area contributed by atoms with Crippen molar-refractivity contribution in [2.45, 2.75) is 73.7 Å². The number of hydrogen-bond acceptors (Lipinski definition) is 10. The number of benzene rings is 4. The molecule has 0 N–H and O–H groups in total. The molecule has 11 nitrogen and oxygen atoms in total. The summed E-state index contributed by atoms with van der Waals surface area (Å²) in [5, 5.41) is 18.0. The Morgan fingerprint density at radius 1 is 0.860 bits per heavy atom. The zero-order valence-corrected chi connectivity index (χ0v) is 34.0. The van der Waals surface area contributed by atoms with Gasteiger partial charge in [-0.1, -0.05) is 93.5 Å². The maximum absolute atomic E-state index is 12.6. The molecule has 0 radical (unpaired) electrons. The van der Waals surface area contributed by atoms with Crippen LogP contribution < -0.4 is 9.47 Å². The first kappa shape index (κ1) is 41.7. The second kappa shape index (κ2) is 17.6. The number of ether oxygens (including phenoxy) is 4. The molecule has 6 rings (SSSR count). The first-order valence-corrected chi connectivity index (χ1v) is 18.7. The average molecular weight is 771 g/mol. The van der Waals surface area contributed by atoms with Crippen LogP contribution in [0.5, 0.6) is 23.1 Å². The maximum atomic E-state index is 12.6. The van der Waals surface area contributed by atoms with Crippen molar-refractivity contribution in [3.8, 4) is 29.2 Å². The number of nitriles is 1. The maximum Gasteiger partial charge on any atom is 0.338 e. The van der Waals surface area contributed by atoms with Gasteiger partial charge in [0.2, 0.25) is 12.0 Å². The van der Waals surface area contributed by atoms with Crippen molar-refractivity contribution >= 4 is 18.2 Å². The third kappa shape index (κ3) is 10.7. The number of esters is 2. The lowest BCUT2D eigenvalue weighted by molar-refractivity contribution is -0.150. The number of rotatable bonds is 12. The van der Waals surface area contributed by atoms with Gasteiger partial charge in [0.1, 0.15) is 35.5 Å². The molecule has 0 aliphatic heterocycles. The summed E-state index contributed by atoms with van der Waals surface area (Å²) in [4.78, 5) is 30.1. The van der Waals surface area contributed by atoms with Gasteiger partial charge in [-0.3, -0.25) is 4.79 Å². The summed E-state index contributed by atoms with van der Waals surface area (Å²) in [6.07, 6.45) is 0.643. The smallest absolute Gasteiger partial charge is 0.338 e. The van der Waals surface area contributed by atoms with Crippen molar-refractivity contribution in [2.24, 2.45) is 29.0 Å². The molecule has 4 aromatic carbocycles. The quantitative estimate of drug-likeness (QED) is 0.0690. The summed E-state index contributed by atoms with van der Waals surface area (Å²) in [6.45, 7) is 15.9. The Labute approximate surface area is 334 Å². The fourth-order valence-electron chi connectivity index (χ4n) is 6.30. The zero-order chi connectivity index (χ0) is 41.4. The largest absolute Gasteiger partial charge is 0.457 e. The lowest BCUT2D eigenvalue weighted by atomic mass is 10.0. The van der Waals surface area contributed by atoms with Crippen molar-refractivity contribution in [2.75, 3.05) is 0 Å². The molecule has 1 atom stereocenters. The van der Waals surface area contributed by atoms with Gasteiger partial charge in [0.25, 0.3) is 0 Å². The van der Waals surface area contributed by atoms with Crippen molar-refractivity contribution in [3.63, 3.8) is 0 Å². The molecule has 57 heavy (non-hydrogen) atoms. The Bertz CT molecular complexity index is 2200. The monoisotopic (exact) mass is 770 g/mol. The topological polar surface area (TPSA) is 134 Å². The molecule has 1 unspecified atom stereocenters. The van der Waals surface area contributed by atoms with Gasteiger partial charge in [0.05, 0.1) is 29.0 Å². The minimum absolute atomic E-state index is 0.123. The molecule has 1 aliphatic carbocycles. The van der Waals surface area contributed by atoms with E-state index in [-0.39, 0.29) is 35.3 Å². The third-order valence-corrected chi connectivity index (χ3v) is 10.00. The van der Waals surface area contributed by atoms with Crippen molar-refractivity contribution in [1.29, 1.82) is 5.26 Å². The molecular formula is C46H50N4O7. The normalized spacial score (nSPS) is 14.7. The molecule has 1 fully saturated rings. The number of oxime groups is 1. The van der Waals surface area contributed by atoms with E-state index in [2.05, 4.69) is 44.0 Å². The van der Waals surface area contributed by atoms with E-state index in [1.54, 1.807) is 47.3 Å². The first-order valence-electron chi connectivity index (χ1n) is 18.7. The lowest BCUT2D eigenvalue weighted by Gasteiger charge is -2.19. The second-order valence-corrected chi connectivity index (χ2v) is 15.9. The van der Waals surface area contributed by atoms with Crippen molar-refractivity contribution < 1.29 is 33.4 Å². The minimum Gasteiger partial charge on any atom is -0.457 e. The molecule has 5 aromatic rings. The van der Waals surface area contributed by atoms with Crippen LogP contribution in [0.25, 0.3) is 0 Å². The van der Waals surface area contributed by atoms with Crippen LogP contribution >= 0.6 is 0 Å². The Balaban J connectivity index is 0.000000221. The third-order valence-electron chi connectivity index (χ3n) is 10.00. The van der Waals surface area contributed by atoms with E-state index in [4.69, 9.17) is 23.8 Å². The number of para-hydroxylation sites is 2. The Kier molecular flexibility index (Phi) is 12.9. The van der Waals surface area contributed by atoms with E-state index in [9.17, 15) is 14.9 Å². The first-order chi connectivity index (χ1) is 27.0. The number of carbonyl (C=O) groups is 2. The van der Waals surface area contributed by atoms with Crippen LogP contribution in [-0.4, -0.2) is 33.5 Å². The highest BCUT2D eigenvalue weighted by Crippen LogP contribution is 2.68. The molecule has 0 spiro atoms. The van der Waals surface area contributed by atoms with Crippen LogP contribution in [0.15, 0.2) is 114 Å². The van der Waals surface area contributed by atoms with Gasteiger partial charge in [0, 0.05) is 12.6 Å². The Morgan fingerprint density at radius 2 is 1.44 bits per heavy atom. The number of aromatic nitrogens is 2. The predicted octanol–water partition coefficient (Wildman–Crippen LogP) is 10.3. The van der Waals surface area contributed by atoms with Crippen LogP contribution in [0.3, 0.4) is 0 Å². The van der Waals surface area contributed by atoms with Gasteiger partial charge < -0.3 is 23.8 Å². The highest BCUT2D eigenvalue weighted by atomic mass is 16.6. The lowest BCUT2D eigenvalue weighted by Crippen LogP contribution is -2.23. The van der Waals surface area contributed by atoms with Gasteiger partial charge in [0.15, 0.2) is 0 Å². The van der Waals surface area contributed by atoms with E-state index in [1.807, 2.05) is 108 Å². The van der Waals surface area contributed by atoms with E-state index >= 15 is 0 Å². The fraction of sp³-hybridized carbons (Fsp3) is 0.326. The van der Waals surface area contributed by atoms with Gasteiger partial charge in [-0.2, -0.15) is 10.4 Å². The predicted molar refractivity (Wildman–Crippen MR) is 217 cm³/mol. The summed E-state index contributed by atoms with van der Waals surface area (Å²) in [6, 6.07) is 35.1. The molecule has 0 amide bonds. The van der Waals surface area contributed by atoms with Crippen LogP contribution in [0.2, 0.25) is 0 Å². The molecule has 1 saturated carbocycles. The van der Waals surface area contributed by atoms with Crippen LogP contribution in [0, 0.1) is 35.0 Å². The molecule has 0 bridgehead atoms. The number of hydrogen-bond donors (Lipinski definition) is 0. The molecule has 0 saturated heterocycles. The van der Waals surface area contributed by atoms with Crippen molar-refractivity contribution in [3.05, 3.63) is 137 Å². The Hall–Kier alpha value is -6.41. The van der Waals surface area contributed by atoms with Gasteiger partial charge in [-0.25, -0.2) is 9.48 Å². The summed E-state index contributed by atoms with van der Waals surface area (Å²) >= 11 is 0. The summed E-state index contributed by atoms with van der Waals surface area (Å²) in [7, 11) is 1.82. The highest BCUT2D eigenvalue weighted by molar-refractivity contribution is 5.89. The second-order valence-electron chi connectivity index (χ2n) is 15.9. The fourth-order valence-corrected chi connectivity index (χ4v) is 6.30. The van der Waals surface area contributed by atoms with Gasteiger partial charge in [-0.15, -0.1) is 0 Å². The van der Waals surface area contributed by atoms with Crippen LogP contribution in [0.1, 0.15) is 87.3 Å². The van der Waals surface area contributed by atoms with E-state index in [0.29, 0.717) is 34.3 Å². The van der Waals surface area contributed by atoms with E-state index < -0.39 is 11.7 Å². The summed E-state index contributed by atoms with van der Waals surface area (Å²) < 4.78 is 24.3. The standard InChI is InChI=1S/C24H27N3O4.C22H23NO3/c1-17-21(22(27(5)26-17)30-20-9-7-6-8-10-20)15-25-29-16-18-11-13-19(14-12-18)23(28)31-24(2,3)4;1-21(2)19(22(21,3)4)20(24)26-18(14-23)15-9-8-12-17(13-15)25-16-10-6-5-7-11-16/h6-15H,16H2,1-5H3;5-13,18-19H,1-4H3/b25-15+;. The minimum atomic E-state index is -0.950. The molecule has 1 aromatic heterocycles. The van der Waals surface area contributed by atoms with Gasteiger partial charge in [-0.05, 0) is 92.6 Å². The highest BCUT2D eigenvalue weighted by Gasteiger charge is 2.69. The molecular weight excluding hydrogens is 721 g/mol. The van der Waals surface area contributed by atoms with Gasteiger partial charge >= 0.3 is 11.9 Å². The SMILES string of the molecule is CC1(C)C(C(=O)OC(C#N)c2cccc(Oc3ccccc3)c2)C1(C)C.Cc1nn(C)c(Oc2ccccc2)c1/C=N/OCc1ccc(C(=O)OC(C)(C)C)cc1. The van der Waals surface area contributed by atoms with E-state index in [1.165, 1.54) is 0 Å². The zero-order valence-electron chi connectivity index (χ0n) is 34.0. The Morgan fingerprint density at radius 3 is 2.00 bits per heavy atom.